The summed E-state index contributed by atoms with van der Waals surface area (Å²) in [6, 6.07) is 9.72. The highest BCUT2D eigenvalue weighted by molar-refractivity contribution is 7.99. The average molecular weight is 279 g/mol. The smallest absolute Gasteiger partial charge is 0.00721 e. The highest BCUT2D eigenvalue weighted by Gasteiger charge is 2.12. The molecule has 0 fully saturated rings. The summed E-state index contributed by atoms with van der Waals surface area (Å²) >= 11 is 1.98. The lowest BCUT2D eigenvalue weighted by molar-refractivity contribution is 0.539. The molecular formula is C17H29NS. The second kappa shape index (κ2) is 7.96. The van der Waals surface area contributed by atoms with Crippen LogP contribution in [0.5, 0.6) is 0 Å². The molecule has 0 radical (unpaired) electrons. The van der Waals surface area contributed by atoms with Gasteiger partial charge in [-0.2, -0.15) is 0 Å². The summed E-state index contributed by atoms with van der Waals surface area (Å²) in [4.78, 5) is 1.40. The van der Waals surface area contributed by atoms with Crippen LogP contribution >= 0.6 is 11.8 Å². The van der Waals surface area contributed by atoms with Crippen molar-refractivity contribution in [3.63, 3.8) is 0 Å². The molecule has 2 heteroatoms. The van der Waals surface area contributed by atoms with Crippen LogP contribution in [0.3, 0.4) is 0 Å². The van der Waals surface area contributed by atoms with Gasteiger partial charge in [0, 0.05) is 10.9 Å². The zero-order valence-corrected chi connectivity index (χ0v) is 13.9. The van der Waals surface area contributed by atoms with Crippen molar-refractivity contribution < 1.29 is 0 Å². The Labute approximate surface area is 123 Å². The molecule has 0 aliphatic rings. The zero-order chi connectivity index (χ0) is 14.3. The van der Waals surface area contributed by atoms with Crippen molar-refractivity contribution in [2.45, 2.75) is 63.3 Å². The van der Waals surface area contributed by atoms with Crippen LogP contribution in [0, 0.1) is 0 Å². The third-order valence-electron chi connectivity index (χ3n) is 3.51. The largest absolute Gasteiger partial charge is 0.317 e. The van der Waals surface area contributed by atoms with E-state index < -0.39 is 0 Å². The lowest BCUT2D eigenvalue weighted by Crippen LogP contribution is -2.20. The molecule has 1 N–H and O–H groups in total. The second-order valence-electron chi connectivity index (χ2n) is 6.31. The summed E-state index contributed by atoms with van der Waals surface area (Å²) < 4.78 is 0. The molecule has 0 saturated heterocycles. The van der Waals surface area contributed by atoms with Crippen LogP contribution in [0.4, 0.5) is 0 Å². The first kappa shape index (κ1) is 16.6. The number of nitrogens with one attached hydrogen (secondary N) is 1. The topological polar surface area (TPSA) is 12.0 Å². The predicted molar refractivity (Wildman–Crippen MR) is 88.2 cm³/mol. The van der Waals surface area contributed by atoms with Gasteiger partial charge in [-0.1, -0.05) is 39.3 Å². The third-order valence-corrected chi connectivity index (χ3v) is 4.61. The van der Waals surface area contributed by atoms with Crippen LogP contribution in [-0.2, 0) is 5.41 Å². The SMILES string of the molecule is CNC(C)CCCCSc1ccc(C(C)(C)C)cc1. The van der Waals surface area contributed by atoms with Gasteiger partial charge < -0.3 is 5.32 Å². The number of rotatable bonds is 7. The lowest BCUT2D eigenvalue weighted by Gasteiger charge is -2.19. The molecule has 0 aliphatic heterocycles. The Bertz CT molecular complexity index is 351. The first-order chi connectivity index (χ1) is 8.93. The van der Waals surface area contributed by atoms with Crippen molar-refractivity contribution in [2.24, 2.45) is 0 Å². The van der Waals surface area contributed by atoms with Crippen LogP contribution in [0.15, 0.2) is 29.2 Å². The Kier molecular flexibility index (Phi) is 6.95. The van der Waals surface area contributed by atoms with E-state index in [0.717, 1.165) is 0 Å². The van der Waals surface area contributed by atoms with E-state index >= 15 is 0 Å². The number of hydrogen-bond donors (Lipinski definition) is 1. The van der Waals surface area contributed by atoms with Gasteiger partial charge in [0.25, 0.3) is 0 Å². The van der Waals surface area contributed by atoms with Crippen LogP contribution in [0.25, 0.3) is 0 Å². The fraction of sp³-hybridized carbons (Fsp3) is 0.647. The van der Waals surface area contributed by atoms with Gasteiger partial charge in [-0.15, -0.1) is 11.8 Å². The fourth-order valence-corrected chi connectivity index (χ4v) is 2.85. The normalized spacial score (nSPS) is 13.5. The second-order valence-corrected chi connectivity index (χ2v) is 7.48. The maximum Gasteiger partial charge on any atom is 0.00721 e. The Balaban J connectivity index is 2.27. The molecule has 1 unspecified atom stereocenters. The van der Waals surface area contributed by atoms with Gasteiger partial charge in [0.05, 0.1) is 0 Å². The molecular weight excluding hydrogens is 250 g/mol. The molecule has 1 aromatic rings. The molecule has 0 aliphatic carbocycles. The maximum absolute atomic E-state index is 3.29. The summed E-state index contributed by atoms with van der Waals surface area (Å²) in [5, 5.41) is 3.29. The van der Waals surface area contributed by atoms with Crippen molar-refractivity contribution in [3.8, 4) is 0 Å². The van der Waals surface area contributed by atoms with Crippen molar-refractivity contribution in [2.75, 3.05) is 12.8 Å². The van der Waals surface area contributed by atoms with E-state index in [1.807, 2.05) is 18.8 Å². The van der Waals surface area contributed by atoms with Crippen LogP contribution in [-0.4, -0.2) is 18.8 Å². The summed E-state index contributed by atoms with van der Waals surface area (Å²) in [5.74, 6) is 1.23. The van der Waals surface area contributed by atoms with E-state index in [0.29, 0.717) is 6.04 Å². The predicted octanol–water partition coefficient (Wildman–Crippen LogP) is 4.85. The Morgan fingerprint density at radius 1 is 1.11 bits per heavy atom. The van der Waals surface area contributed by atoms with Gasteiger partial charge in [-0.25, -0.2) is 0 Å². The molecule has 0 heterocycles. The first-order valence-corrected chi connectivity index (χ1v) is 8.32. The molecule has 0 bridgehead atoms. The van der Waals surface area contributed by atoms with Crippen molar-refractivity contribution in [1.29, 1.82) is 0 Å². The molecule has 19 heavy (non-hydrogen) atoms. The van der Waals surface area contributed by atoms with E-state index in [1.165, 1.54) is 35.5 Å². The van der Waals surface area contributed by atoms with Crippen molar-refractivity contribution >= 4 is 11.8 Å². The molecule has 0 amide bonds. The molecule has 0 saturated carbocycles. The van der Waals surface area contributed by atoms with Crippen LogP contribution < -0.4 is 5.32 Å². The highest BCUT2D eigenvalue weighted by atomic mass is 32.2. The van der Waals surface area contributed by atoms with Crippen LogP contribution in [0.1, 0.15) is 52.5 Å². The minimum atomic E-state index is 0.256. The molecule has 1 rings (SSSR count). The monoisotopic (exact) mass is 279 g/mol. The summed E-state index contributed by atoms with van der Waals surface area (Å²) in [7, 11) is 2.04. The van der Waals surface area contributed by atoms with Gasteiger partial charge in [0.1, 0.15) is 0 Å². The van der Waals surface area contributed by atoms with E-state index in [2.05, 4.69) is 57.3 Å². The van der Waals surface area contributed by atoms with Crippen molar-refractivity contribution in [3.05, 3.63) is 29.8 Å². The van der Waals surface area contributed by atoms with Gasteiger partial charge in [0.15, 0.2) is 0 Å². The van der Waals surface area contributed by atoms with Crippen molar-refractivity contribution in [1.82, 2.24) is 5.32 Å². The number of thioether (sulfide) groups is 1. The Hall–Kier alpha value is -0.470. The van der Waals surface area contributed by atoms with E-state index in [1.54, 1.807) is 0 Å². The van der Waals surface area contributed by atoms with Gasteiger partial charge in [-0.3, -0.25) is 0 Å². The molecule has 108 valence electrons. The summed E-state index contributed by atoms with van der Waals surface area (Å²) in [6.07, 6.45) is 3.90. The molecule has 0 spiro atoms. The highest BCUT2D eigenvalue weighted by Crippen LogP contribution is 2.26. The van der Waals surface area contributed by atoms with E-state index in [4.69, 9.17) is 0 Å². The molecule has 1 atom stereocenters. The Morgan fingerprint density at radius 2 is 1.74 bits per heavy atom. The average Bonchev–Trinajstić information content (AvgIpc) is 2.37. The summed E-state index contributed by atoms with van der Waals surface area (Å²) in [6.45, 7) is 9.03. The standard InChI is InChI=1S/C17H29NS/c1-14(18-5)8-6-7-13-19-16-11-9-15(10-12-16)17(2,3)4/h9-12,14,18H,6-8,13H2,1-5H3. The quantitative estimate of drug-likeness (QED) is 0.565. The maximum atomic E-state index is 3.29. The number of unbranched alkanes of at least 4 members (excludes halogenated alkanes) is 1. The molecule has 0 aromatic heterocycles. The Morgan fingerprint density at radius 3 is 2.26 bits per heavy atom. The number of benzene rings is 1. The first-order valence-electron chi connectivity index (χ1n) is 7.34. The van der Waals surface area contributed by atoms with Crippen LogP contribution in [0.2, 0.25) is 0 Å². The minimum absolute atomic E-state index is 0.256. The molecule has 1 nitrogen and oxygen atoms in total. The summed E-state index contributed by atoms with van der Waals surface area (Å²) in [5.41, 5.74) is 1.67. The van der Waals surface area contributed by atoms with E-state index in [-0.39, 0.29) is 5.41 Å². The zero-order valence-electron chi connectivity index (χ0n) is 13.1. The molecule has 1 aromatic carbocycles. The third kappa shape index (κ3) is 6.49. The van der Waals surface area contributed by atoms with Gasteiger partial charge in [0.2, 0.25) is 0 Å². The fourth-order valence-electron chi connectivity index (χ4n) is 1.94. The van der Waals surface area contributed by atoms with E-state index in [9.17, 15) is 0 Å². The van der Waals surface area contributed by atoms with Gasteiger partial charge >= 0.3 is 0 Å². The number of hydrogen-bond acceptors (Lipinski definition) is 2. The van der Waals surface area contributed by atoms with Gasteiger partial charge in [-0.05, 0) is 55.7 Å². The minimum Gasteiger partial charge on any atom is -0.317 e. The lowest BCUT2D eigenvalue weighted by atomic mass is 9.87.